The van der Waals surface area contributed by atoms with Crippen LogP contribution in [0.5, 0.6) is 0 Å². The van der Waals surface area contributed by atoms with E-state index >= 15 is 0 Å². The van der Waals surface area contributed by atoms with E-state index in [1.54, 1.807) is 12.1 Å². The molecule has 0 fully saturated rings. The van der Waals surface area contributed by atoms with Crippen LogP contribution in [0.3, 0.4) is 0 Å². The summed E-state index contributed by atoms with van der Waals surface area (Å²) in [6.07, 6.45) is 0.838. The van der Waals surface area contributed by atoms with Crippen molar-refractivity contribution in [1.82, 2.24) is 0 Å². The van der Waals surface area contributed by atoms with Crippen LogP contribution in [-0.2, 0) is 9.53 Å². The number of nitriles is 1. The zero-order valence-corrected chi connectivity index (χ0v) is 14.9. The summed E-state index contributed by atoms with van der Waals surface area (Å²) in [6, 6.07) is 6.54. The monoisotopic (exact) mass is 390 g/mol. The van der Waals surface area contributed by atoms with E-state index in [0.717, 1.165) is 0 Å². The first-order valence-electron chi connectivity index (χ1n) is 7.52. The summed E-state index contributed by atoms with van der Waals surface area (Å²) in [5.74, 6) is -1.07. The molecular formula is C18H16BrFN2O2. The van der Waals surface area contributed by atoms with Gasteiger partial charge in [0.1, 0.15) is 23.2 Å². The minimum atomic E-state index is -0.824. The summed E-state index contributed by atoms with van der Waals surface area (Å²) in [7, 11) is 0. The Morgan fingerprint density at radius 2 is 2.12 bits per heavy atom. The van der Waals surface area contributed by atoms with Gasteiger partial charge >= 0.3 is 0 Å². The second kappa shape index (κ2) is 5.75. The van der Waals surface area contributed by atoms with E-state index in [2.05, 4.69) is 15.9 Å². The molecule has 0 saturated carbocycles. The molecule has 2 aliphatic rings. The molecule has 6 heteroatoms. The van der Waals surface area contributed by atoms with E-state index in [1.807, 2.05) is 19.9 Å². The molecule has 1 aliphatic heterocycles. The van der Waals surface area contributed by atoms with Gasteiger partial charge in [0, 0.05) is 28.5 Å². The molecule has 0 saturated heterocycles. The lowest BCUT2D eigenvalue weighted by atomic mass is 9.70. The minimum absolute atomic E-state index is 0.0610. The van der Waals surface area contributed by atoms with Crippen molar-refractivity contribution < 1.29 is 13.9 Å². The summed E-state index contributed by atoms with van der Waals surface area (Å²) < 4.78 is 20.7. The topological polar surface area (TPSA) is 76.1 Å². The fraction of sp³-hybridized carbons (Fsp3) is 0.333. The second-order valence-corrected chi connectivity index (χ2v) is 7.78. The molecule has 0 radical (unpaired) electrons. The van der Waals surface area contributed by atoms with Crippen molar-refractivity contribution in [2.75, 3.05) is 0 Å². The molecule has 0 bridgehead atoms. The summed E-state index contributed by atoms with van der Waals surface area (Å²) in [5, 5.41) is 9.48. The zero-order valence-electron chi connectivity index (χ0n) is 13.3. The smallest absolute Gasteiger partial charge is 0.205 e. The number of carbonyl (C=O) groups excluding carboxylic acids is 1. The van der Waals surface area contributed by atoms with E-state index in [-0.39, 0.29) is 28.2 Å². The molecule has 124 valence electrons. The summed E-state index contributed by atoms with van der Waals surface area (Å²) >= 11 is 3.21. The van der Waals surface area contributed by atoms with Crippen molar-refractivity contribution in [3.8, 4) is 6.07 Å². The number of nitrogens with zero attached hydrogens (tertiary/aromatic N) is 1. The molecule has 1 aromatic rings. The van der Waals surface area contributed by atoms with E-state index < -0.39 is 11.7 Å². The quantitative estimate of drug-likeness (QED) is 0.784. The first-order chi connectivity index (χ1) is 11.2. The Bertz CT molecular complexity index is 849. The van der Waals surface area contributed by atoms with Gasteiger partial charge in [-0.3, -0.25) is 4.79 Å². The van der Waals surface area contributed by atoms with Crippen LogP contribution in [-0.4, -0.2) is 5.78 Å². The van der Waals surface area contributed by atoms with Gasteiger partial charge in [-0.15, -0.1) is 0 Å². The van der Waals surface area contributed by atoms with Gasteiger partial charge in [-0.2, -0.15) is 5.26 Å². The van der Waals surface area contributed by atoms with Crippen LogP contribution in [0.1, 0.15) is 38.2 Å². The molecule has 24 heavy (non-hydrogen) atoms. The highest BCUT2D eigenvalue weighted by Crippen LogP contribution is 2.48. The third kappa shape index (κ3) is 2.73. The number of hydrogen-bond donors (Lipinski definition) is 1. The maximum Gasteiger partial charge on any atom is 0.205 e. The number of Topliss-reactive ketones (excluding diaryl/α,β-unsaturated/α-hetero) is 1. The molecule has 1 aliphatic carbocycles. The van der Waals surface area contributed by atoms with Crippen LogP contribution in [0.2, 0.25) is 0 Å². The van der Waals surface area contributed by atoms with Gasteiger partial charge < -0.3 is 10.5 Å². The third-order valence-electron chi connectivity index (χ3n) is 4.35. The number of hydrogen-bond acceptors (Lipinski definition) is 4. The fourth-order valence-corrected chi connectivity index (χ4v) is 3.66. The van der Waals surface area contributed by atoms with Crippen molar-refractivity contribution in [2.45, 2.75) is 32.6 Å². The lowest BCUT2D eigenvalue weighted by Gasteiger charge is -2.37. The molecule has 0 spiro atoms. The lowest BCUT2D eigenvalue weighted by Crippen LogP contribution is -2.33. The van der Waals surface area contributed by atoms with Gasteiger partial charge in [0.05, 0.1) is 5.92 Å². The van der Waals surface area contributed by atoms with Gasteiger partial charge in [-0.25, -0.2) is 4.39 Å². The molecule has 0 aromatic heterocycles. The predicted molar refractivity (Wildman–Crippen MR) is 89.8 cm³/mol. The Balaban J connectivity index is 2.22. The second-order valence-electron chi connectivity index (χ2n) is 6.87. The maximum atomic E-state index is 14.5. The number of carbonyl (C=O) groups is 1. The van der Waals surface area contributed by atoms with E-state index in [9.17, 15) is 14.4 Å². The van der Waals surface area contributed by atoms with E-state index in [0.29, 0.717) is 28.6 Å². The maximum absolute atomic E-state index is 14.5. The first kappa shape index (κ1) is 16.7. The van der Waals surface area contributed by atoms with Gasteiger partial charge in [-0.1, -0.05) is 35.8 Å². The van der Waals surface area contributed by atoms with Crippen LogP contribution in [0, 0.1) is 22.6 Å². The normalized spacial score (nSPS) is 22.8. The number of ether oxygens (including phenoxy) is 1. The lowest BCUT2D eigenvalue weighted by molar-refractivity contribution is -0.119. The average molecular weight is 391 g/mol. The van der Waals surface area contributed by atoms with E-state index in [1.165, 1.54) is 6.07 Å². The number of ketones is 1. The van der Waals surface area contributed by atoms with Crippen molar-refractivity contribution in [2.24, 2.45) is 11.1 Å². The van der Waals surface area contributed by atoms with Crippen molar-refractivity contribution in [3.05, 3.63) is 56.8 Å². The molecule has 1 atom stereocenters. The summed E-state index contributed by atoms with van der Waals surface area (Å²) in [6.45, 7) is 3.93. The zero-order chi connectivity index (χ0) is 17.6. The van der Waals surface area contributed by atoms with Gasteiger partial charge in [-0.05, 0) is 17.5 Å². The molecule has 0 amide bonds. The first-order valence-corrected chi connectivity index (χ1v) is 8.31. The molecule has 1 aromatic carbocycles. The Morgan fingerprint density at radius 3 is 2.75 bits per heavy atom. The SMILES string of the molecule is CC1(C)CC(=O)C2=C(C1)OC(N)=C(C#N)[C@H]2c1ccc(Br)cc1F. The Morgan fingerprint density at radius 1 is 1.42 bits per heavy atom. The van der Waals surface area contributed by atoms with Gasteiger partial charge in [0.15, 0.2) is 5.78 Å². The Labute approximate surface area is 147 Å². The van der Waals surface area contributed by atoms with Crippen LogP contribution in [0.4, 0.5) is 4.39 Å². The highest BCUT2D eigenvalue weighted by Gasteiger charge is 2.43. The van der Waals surface area contributed by atoms with Crippen LogP contribution >= 0.6 is 15.9 Å². The van der Waals surface area contributed by atoms with Crippen LogP contribution < -0.4 is 5.73 Å². The average Bonchev–Trinajstić information content (AvgIpc) is 2.44. The molecule has 3 rings (SSSR count). The highest BCUT2D eigenvalue weighted by atomic mass is 79.9. The van der Waals surface area contributed by atoms with Gasteiger partial charge in [0.25, 0.3) is 0 Å². The Hall–Kier alpha value is -2.13. The molecular weight excluding hydrogens is 375 g/mol. The van der Waals surface area contributed by atoms with E-state index in [4.69, 9.17) is 10.5 Å². The molecule has 2 N–H and O–H groups in total. The van der Waals surface area contributed by atoms with Crippen molar-refractivity contribution in [3.63, 3.8) is 0 Å². The standard InChI is InChI=1S/C18H16BrFN2O2/c1-18(2)6-13(23)16-14(7-18)24-17(22)11(8-21)15(16)10-4-3-9(19)5-12(10)20/h3-5,15H,6-7,22H2,1-2H3/t15-/m1/s1. The summed E-state index contributed by atoms with van der Waals surface area (Å²) in [4.78, 5) is 12.7. The van der Waals surface area contributed by atoms with Crippen LogP contribution in [0.15, 0.2) is 45.5 Å². The predicted octanol–water partition coefficient (Wildman–Crippen LogP) is 4.04. The summed E-state index contributed by atoms with van der Waals surface area (Å²) in [5.41, 5.74) is 6.31. The number of allylic oxidation sites excluding steroid dienone is 3. The fourth-order valence-electron chi connectivity index (χ4n) is 3.33. The Kier molecular flexibility index (Phi) is 4.00. The van der Waals surface area contributed by atoms with Gasteiger partial charge in [0.2, 0.25) is 5.88 Å². The largest absolute Gasteiger partial charge is 0.444 e. The van der Waals surface area contributed by atoms with Crippen LogP contribution in [0.25, 0.3) is 0 Å². The third-order valence-corrected chi connectivity index (χ3v) is 4.84. The molecule has 4 nitrogen and oxygen atoms in total. The highest BCUT2D eigenvalue weighted by molar-refractivity contribution is 9.10. The molecule has 1 heterocycles. The van der Waals surface area contributed by atoms with Crippen molar-refractivity contribution >= 4 is 21.7 Å². The number of halogens is 2. The molecule has 0 unspecified atom stereocenters. The number of benzene rings is 1. The minimum Gasteiger partial charge on any atom is -0.444 e. The number of nitrogens with two attached hydrogens (primary N) is 1. The van der Waals surface area contributed by atoms with Crippen molar-refractivity contribution in [1.29, 1.82) is 5.26 Å². The number of rotatable bonds is 1.